The molecule has 3 nitrogen and oxygen atoms in total. The third kappa shape index (κ3) is 6.07. The van der Waals surface area contributed by atoms with Crippen LogP contribution in [0.3, 0.4) is 0 Å². The maximum Gasteiger partial charge on any atom is 0.191 e. The molecule has 0 aliphatic rings. The predicted octanol–water partition coefficient (Wildman–Crippen LogP) is 2.61. The highest BCUT2D eigenvalue weighted by atomic mass is 28.4. The summed E-state index contributed by atoms with van der Waals surface area (Å²) < 4.78 is 11.0. The van der Waals surface area contributed by atoms with Crippen LogP contribution in [0.2, 0.25) is 18.1 Å². The van der Waals surface area contributed by atoms with Gasteiger partial charge in [-0.3, -0.25) is 0 Å². The number of carbonyl (C=O) groups excluding carboxylic acids is 1. The third-order valence-corrected chi connectivity index (χ3v) is 7.43. The van der Waals surface area contributed by atoms with Crippen molar-refractivity contribution in [3.05, 3.63) is 0 Å². The van der Waals surface area contributed by atoms with E-state index < -0.39 is 8.32 Å². The SMILES string of the molecule is CC(C)(C)[Si](C)(C)OCCCOCC=O. The Morgan fingerprint density at radius 3 is 2.27 bits per heavy atom. The van der Waals surface area contributed by atoms with Crippen molar-refractivity contribution in [2.75, 3.05) is 19.8 Å². The summed E-state index contributed by atoms with van der Waals surface area (Å²) in [6.07, 6.45) is 1.63. The monoisotopic (exact) mass is 232 g/mol. The van der Waals surface area contributed by atoms with Gasteiger partial charge in [0.05, 0.1) is 0 Å². The van der Waals surface area contributed by atoms with Gasteiger partial charge in [0.1, 0.15) is 12.9 Å². The van der Waals surface area contributed by atoms with Gasteiger partial charge in [0.2, 0.25) is 0 Å². The lowest BCUT2D eigenvalue weighted by Gasteiger charge is -2.36. The number of carbonyl (C=O) groups is 1. The average molecular weight is 232 g/mol. The number of ether oxygens (including phenoxy) is 1. The lowest BCUT2D eigenvalue weighted by Crippen LogP contribution is -2.41. The summed E-state index contributed by atoms with van der Waals surface area (Å²) in [6, 6.07) is 0. The molecule has 0 aliphatic heterocycles. The molecule has 0 aromatic heterocycles. The Morgan fingerprint density at radius 1 is 1.20 bits per heavy atom. The average Bonchev–Trinajstić information content (AvgIpc) is 2.09. The molecule has 0 saturated carbocycles. The number of hydrogen-bond donors (Lipinski definition) is 0. The zero-order valence-electron chi connectivity index (χ0n) is 10.6. The van der Waals surface area contributed by atoms with Crippen LogP contribution < -0.4 is 0 Å². The van der Waals surface area contributed by atoms with E-state index in [2.05, 4.69) is 33.9 Å². The van der Waals surface area contributed by atoms with E-state index in [0.29, 0.717) is 6.61 Å². The van der Waals surface area contributed by atoms with Crippen molar-refractivity contribution in [2.24, 2.45) is 0 Å². The number of rotatable bonds is 7. The fourth-order valence-electron chi connectivity index (χ4n) is 0.836. The molecule has 4 heteroatoms. The first-order valence-electron chi connectivity index (χ1n) is 5.46. The van der Waals surface area contributed by atoms with Crippen LogP contribution >= 0.6 is 0 Å². The number of aldehydes is 1. The molecule has 0 aliphatic carbocycles. The van der Waals surface area contributed by atoms with Crippen LogP contribution in [0.4, 0.5) is 0 Å². The van der Waals surface area contributed by atoms with Crippen molar-refractivity contribution < 1.29 is 14.0 Å². The molecule has 0 heterocycles. The third-order valence-electron chi connectivity index (χ3n) is 2.89. The van der Waals surface area contributed by atoms with Gasteiger partial charge < -0.3 is 14.0 Å². The highest BCUT2D eigenvalue weighted by molar-refractivity contribution is 6.74. The molecule has 0 unspecified atom stereocenters. The van der Waals surface area contributed by atoms with Gasteiger partial charge in [0, 0.05) is 13.2 Å². The molecule has 0 spiro atoms. The standard InChI is InChI=1S/C11H24O3Si/c1-11(2,3)15(4,5)14-9-6-8-13-10-7-12/h7H,6,8-10H2,1-5H3. The van der Waals surface area contributed by atoms with Crippen LogP contribution in [0.25, 0.3) is 0 Å². The Hall–Kier alpha value is -0.193. The Morgan fingerprint density at radius 2 is 1.80 bits per heavy atom. The quantitative estimate of drug-likeness (QED) is 0.384. The Bertz CT molecular complexity index is 185. The summed E-state index contributed by atoms with van der Waals surface area (Å²) in [5, 5.41) is 0.261. The fraction of sp³-hybridized carbons (Fsp3) is 0.909. The second kappa shape index (κ2) is 6.40. The maximum absolute atomic E-state index is 9.98. The smallest absolute Gasteiger partial charge is 0.191 e. The van der Waals surface area contributed by atoms with Crippen molar-refractivity contribution in [1.29, 1.82) is 0 Å². The van der Waals surface area contributed by atoms with Crippen molar-refractivity contribution in [3.63, 3.8) is 0 Å². The molecular formula is C11H24O3Si. The minimum atomic E-state index is -1.60. The van der Waals surface area contributed by atoms with Crippen LogP contribution in [0, 0.1) is 0 Å². The second-order valence-electron chi connectivity index (χ2n) is 5.20. The molecule has 0 saturated heterocycles. The molecule has 0 rings (SSSR count). The Kier molecular flexibility index (Phi) is 6.32. The van der Waals surface area contributed by atoms with Crippen LogP contribution in [0.5, 0.6) is 0 Å². The van der Waals surface area contributed by atoms with Gasteiger partial charge in [-0.2, -0.15) is 0 Å². The van der Waals surface area contributed by atoms with Crippen molar-refractivity contribution >= 4 is 14.6 Å². The van der Waals surface area contributed by atoms with Crippen LogP contribution in [0.1, 0.15) is 27.2 Å². The summed E-state index contributed by atoms with van der Waals surface area (Å²) in [6.45, 7) is 12.7. The summed E-state index contributed by atoms with van der Waals surface area (Å²) >= 11 is 0. The molecule has 0 amide bonds. The summed E-state index contributed by atoms with van der Waals surface area (Å²) in [7, 11) is -1.60. The first-order chi connectivity index (χ1) is 6.81. The van der Waals surface area contributed by atoms with Gasteiger partial charge in [0.25, 0.3) is 0 Å². The summed E-state index contributed by atoms with van der Waals surface area (Å²) in [4.78, 5) is 9.98. The lowest BCUT2D eigenvalue weighted by atomic mass is 10.2. The maximum atomic E-state index is 9.98. The van der Waals surface area contributed by atoms with E-state index in [-0.39, 0.29) is 11.6 Å². The largest absolute Gasteiger partial charge is 0.417 e. The van der Waals surface area contributed by atoms with Crippen molar-refractivity contribution in [2.45, 2.75) is 45.3 Å². The van der Waals surface area contributed by atoms with E-state index in [1.165, 1.54) is 0 Å². The minimum Gasteiger partial charge on any atom is -0.417 e. The summed E-state index contributed by atoms with van der Waals surface area (Å²) in [5.74, 6) is 0. The van der Waals surface area contributed by atoms with Gasteiger partial charge in [-0.1, -0.05) is 20.8 Å². The zero-order valence-corrected chi connectivity index (χ0v) is 11.6. The molecular weight excluding hydrogens is 208 g/mol. The molecule has 0 bridgehead atoms. The first kappa shape index (κ1) is 14.8. The summed E-state index contributed by atoms with van der Waals surface area (Å²) in [5.41, 5.74) is 0. The van der Waals surface area contributed by atoms with E-state index in [9.17, 15) is 4.79 Å². The first-order valence-corrected chi connectivity index (χ1v) is 8.37. The topological polar surface area (TPSA) is 35.5 Å². The number of hydrogen-bond acceptors (Lipinski definition) is 3. The van der Waals surface area contributed by atoms with E-state index in [4.69, 9.17) is 9.16 Å². The molecule has 0 fully saturated rings. The van der Waals surface area contributed by atoms with Gasteiger partial charge in [-0.05, 0) is 24.6 Å². The molecule has 15 heavy (non-hydrogen) atoms. The van der Waals surface area contributed by atoms with Gasteiger partial charge in [0.15, 0.2) is 8.32 Å². The van der Waals surface area contributed by atoms with E-state index in [1.54, 1.807) is 0 Å². The van der Waals surface area contributed by atoms with Crippen LogP contribution in [-0.4, -0.2) is 34.4 Å². The normalized spacial score (nSPS) is 12.9. The Balaban J connectivity index is 3.62. The van der Waals surface area contributed by atoms with E-state index in [0.717, 1.165) is 19.3 Å². The predicted molar refractivity (Wildman–Crippen MR) is 64.6 cm³/mol. The van der Waals surface area contributed by atoms with Crippen LogP contribution in [-0.2, 0) is 14.0 Å². The van der Waals surface area contributed by atoms with Crippen molar-refractivity contribution in [1.82, 2.24) is 0 Å². The highest BCUT2D eigenvalue weighted by Crippen LogP contribution is 2.36. The van der Waals surface area contributed by atoms with Crippen molar-refractivity contribution in [3.8, 4) is 0 Å². The molecule has 0 atom stereocenters. The zero-order chi connectivity index (χ0) is 11.9. The molecule has 90 valence electrons. The lowest BCUT2D eigenvalue weighted by molar-refractivity contribution is -0.111. The Labute approximate surface area is 94.3 Å². The molecule has 0 aromatic carbocycles. The molecule has 0 aromatic rings. The van der Waals surface area contributed by atoms with E-state index >= 15 is 0 Å². The minimum absolute atomic E-state index is 0.195. The van der Waals surface area contributed by atoms with Crippen LogP contribution in [0.15, 0.2) is 0 Å². The van der Waals surface area contributed by atoms with Gasteiger partial charge in [-0.15, -0.1) is 0 Å². The van der Waals surface area contributed by atoms with Gasteiger partial charge in [-0.25, -0.2) is 0 Å². The van der Waals surface area contributed by atoms with E-state index in [1.807, 2.05) is 0 Å². The van der Waals surface area contributed by atoms with Gasteiger partial charge >= 0.3 is 0 Å². The fourth-order valence-corrected chi connectivity index (χ4v) is 1.92. The second-order valence-corrected chi connectivity index (χ2v) is 10.0. The highest BCUT2D eigenvalue weighted by Gasteiger charge is 2.36. The molecule has 0 N–H and O–H groups in total. The molecule has 0 radical (unpaired) electrons.